The lowest BCUT2D eigenvalue weighted by Crippen LogP contribution is -2.14. The van der Waals surface area contributed by atoms with Gasteiger partial charge >= 0.3 is 0 Å². The zero-order valence-corrected chi connectivity index (χ0v) is 14.5. The molecule has 0 aromatic carbocycles. The predicted molar refractivity (Wildman–Crippen MR) is 89.1 cm³/mol. The van der Waals surface area contributed by atoms with E-state index in [-0.39, 0.29) is 0 Å². The average Bonchev–Trinajstić information content (AvgIpc) is 2.84. The third kappa shape index (κ3) is 3.65. The summed E-state index contributed by atoms with van der Waals surface area (Å²) in [5.74, 6) is 0.431. The molecule has 2 heterocycles. The summed E-state index contributed by atoms with van der Waals surface area (Å²) >= 11 is 5.30. The topological polar surface area (TPSA) is 37.8 Å². The van der Waals surface area contributed by atoms with Crippen LogP contribution in [0, 0.1) is 0 Å². The lowest BCUT2D eigenvalue weighted by molar-refractivity contribution is 0.670. The molecule has 3 nitrogen and oxygen atoms in total. The van der Waals surface area contributed by atoms with Gasteiger partial charge in [0.25, 0.3) is 0 Å². The van der Waals surface area contributed by atoms with Crippen molar-refractivity contribution < 1.29 is 0 Å². The maximum absolute atomic E-state index is 4.81. The van der Waals surface area contributed by atoms with Gasteiger partial charge in [-0.2, -0.15) is 0 Å². The Hall–Kier alpha value is -0.780. The molecule has 0 bridgehead atoms. The second kappa shape index (κ2) is 7.29. The summed E-state index contributed by atoms with van der Waals surface area (Å²) < 4.78 is 0.997. The molecule has 2 aromatic heterocycles. The fourth-order valence-electron chi connectivity index (χ4n) is 1.96. The first-order valence-electron chi connectivity index (χ1n) is 6.94. The molecule has 0 atom stereocenters. The van der Waals surface area contributed by atoms with E-state index < -0.39 is 0 Å². The summed E-state index contributed by atoms with van der Waals surface area (Å²) in [6.45, 7) is 8.49. The van der Waals surface area contributed by atoms with Crippen LogP contribution in [0.3, 0.4) is 0 Å². The lowest BCUT2D eigenvalue weighted by atomic mass is 10.1. The van der Waals surface area contributed by atoms with Crippen molar-refractivity contribution in [2.24, 2.45) is 0 Å². The van der Waals surface area contributed by atoms with E-state index in [9.17, 15) is 0 Å². The maximum atomic E-state index is 4.81. The largest absolute Gasteiger partial charge is 0.312 e. The maximum Gasteiger partial charge on any atom is 0.143 e. The number of aromatic nitrogens is 2. The van der Waals surface area contributed by atoms with Gasteiger partial charge in [-0.15, -0.1) is 11.3 Å². The third-order valence-corrected chi connectivity index (χ3v) is 4.67. The lowest BCUT2D eigenvalue weighted by Gasteiger charge is -2.05. The molecule has 0 radical (unpaired) electrons. The molecular weight excluding hydrogens is 334 g/mol. The zero-order chi connectivity index (χ0) is 14.5. The molecule has 2 rings (SSSR count). The Morgan fingerprint density at radius 2 is 2.20 bits per heavy atom. The van der Waals surface area contributed by atoms with Gasteiger partial charge in [-0.05, 0) is 46.9 Å². The second-order valence-electron chi connectivity index (χ2n) is 4.99. The van der Waals surface area contributed by atoms with Crippen molar-refractivity contribution in [2.75, 3.05) is 6.54 Å². The zero-order valence-electron chi connectivity index (χ0n) is 12.1. The summed E-state index contributed by atoms with van der Waals surface area (Å²) in [7, 11) is 0. The minimum atomic E-state index is 0.431. The van der Waals surface area contributed by atoms with E-state index in [1.807, 2.05) is 18.3 Å². The number of pyridine rings is 1. The summed E-state index contributed by atoms with van der Waals surface area (Å²) in [4.78, 5) is 10.6. The van der Waals surface area contributed by atoms with Crippen molar-refractivity contribution in [3.63, 3.8) is 0 Å². The minimum Gasteiger partial charge on any atom is -0.312 e. The molecule has 1 N–H and O–H groups in total. The monoisotopic (exact) mass is 353 g/mol. The minimum absolute atomic E-state index is 0.431. The van der Waals surface area contributed by atoms with Crippen LogP contribution < -0.4 is 5.32 Å². The first-order valence-corrected chi connectivity index (χ1v) is 8.55. The van der Waals surface area contributed by atoms with E-state index >= 15 is 0 Å². The number of hydrogen-bond donors (Lipinski definition) is 1. The summed E-state index contributed by atoms with van der Waals surface area (Å²) in [6.07, 6.45) is 2.96. The van der Waals surface area contributed by atoms with E-state index in [4.69, 9.17) is 4.98 Å². The molecule has 0 spiro atoms. The summed E-state index contributed by atoms with van der Waals surface area (Å²) in [5, 5.41) is 4.46. The van der Waals surface area contributed by atoms with Gasteiger partial charge in [0.1, 0.15) is 10.7 Å². The molecule has 0 aliphatic carbocycles. The summed E-state index contributed by atoms with van der Waals surface area (Å²) in [6, 6.07) is 3.93. The molecule has 20 heavy (non-hydrogen) atoms. The van der Waals surface area contributed by atoms with Crippen molar-refractivity contribution >= 4 is 27.3 Å². The van der Waals surface area contributed by atoms with Crippen LogP contribution in [0.15, 0.2) is 22.8 Å². The Kier molecular flexibility index (Phi) is 5.69. The smallest absolute Gasteiger partial charge is 0.143 e. The fourth-order valence-corrected chi connectivity index (χ4v) is 3.74. The molecule has 0 unspecified atom stereocenters. The number of hydrogen-bond acceptors (Lipinski definition) is 4. The van der Waals surface area contributed by atoms with Gasteiger partial charge in [-0.1, -0.05) is 20.8 Å². The van der Waals surface area contributed by atoms with Crippen LogP contribution in [-0.2, 0) is 6.54 Å². The molecule has 5 heteroatoms. The van der Waals surface area contributed by atoms with Crippen molar-refractivity contribution in [2.45, 2.75) is 39.7 Å². The molecule has 0 fully saturated rings. The Morgan fingerprint density at radius 1 is 1.40 bits per heavy atom. The van der Waals surface area contributed by atoms with Crippen LogP contribution in [-0.4, -0.2) is 16.5 Å². The van der Waals surface area contributed by atoms with Gasteiger partial charge in [0.2, 0.25) is 0 Å². The van der Waals surface area contributed by atoms with Crippen molar-refractivity contribution in [3.05, 3.63) is 33.4 Å². The van der Waals surface area contributed by atoms with Crippen molar-refractivity contribution in [3.8, 4) is 10.7 Å². The van der Waals surface area contributed by atoms with Crippen molar-refractivity contribution in [1.82, 2.24) is 15.3 Å². The van der Waals surface area contributed by atoms with Gasteiger partial charge in [-0.25, -0.2) is 4.98 Å². The van der Waals surface area contributed by atoms with Crippen LogP contribution in [0.1, 0.15) is 43.7 Å². The number of nitrogens with zero attached hydrogens (tertiary/aromatic N) is 2. The Balaban J connectivity index is 2.31. The molecule has 108 valence electrons. The normalized spacial score (nSPS) is 11.2. The van der Waals surface area contributed by atoms with Crippen LogP contribution in [0.4, 0.5) is 0 Å². The standard InChI is InChI=1S/C15H20BrN3S/c1-4-7-17-9-12-13(10(2)3)19-15(20-12)14-11(16)6-5-8-18-14/h5-6,8,10,17H,4,7,9H2,1-3H3. The molecule has 0 aliphatic rings. The molecule has 0 saturated carbocycles. The van der Waals surface area contributed by atoms with E-state index in [2.05, 4.69) is 47.0 Å². The highest BCUT2D eigenvalue weighted by Crippen LogP contribution is 2.33. The first kappa shape index (κ1) is 15.6. The highest BCUT2D eigenvalue weighted by molar-refractivity contribution is 9.10. The molecule has 2 aromatic rings. The molecule has 0 saturated heterocycles. The quantitative estimate of drug-likeness (QED) is 0.771. The van der Waals surface area contributed by atoms with Gasteiger partial charge < -0.3 is 5.32 Å². The Labute approximate surface area is 133 Å². The van der Waals surface area contributed by atoms with Gasteiger partial charge in [0, 0.05) is 22.1 Å². The second-order valence-corrected chi connectivity index (χ2v) is 6.93. The van der Waals surface area contributed by atoms with Crippen molar-refractivity contribution in [1.29, 1.82) is 0 Å². The molecule has 0 aliphatic heterocycles. The predicted octanol–water partition coefficient (Wildman–Crippen LogP) is 4.59. The fraction of sp³-hybridized carbons (Fsp3) is 0.467. The van der Waals surface area contributed by atoms with E-state index in [0.717, 1.165) is 34.7 Å². The third-order valence-electron chi connectivity index (χ3n) is 2.95. The number of rotatable bonds is 6. The highest BCUT2D eigenvalue weighted by Gasteiger charge is 2.17. The Morgan fingerprint density at radius 3 is 2.85 bits per heavy atom. The van der Waals surface area contributed by atoms with Crippen LogP contribution in [0.2, 0.25) is 0 Å². The molecule has 0 amide bonds. The van der Waals surface area contributed by atoms with Crippen LogP contribution in [0.5, 0.6) is 0 Å². The first-order chi connectivity index (χ1) is 9.63. The van der Waals surface area contributed by atoms with Crippen LogP contribution >= 0.6 is 27.3 Å². The van der Waals surface area contributed by atoms with Gasteiger partial charge in [-0.3, -0.25) is 4.98 Å². The number of halogens is 1. The number of thiazole rings is 1. The Bertz CT molecular complexity index is 566. The van der Waals surface area contributed by atoms with E-state index in [0.29, 0.717) is 5.92 Å². The number of nitrogens with one attached hydrogen (secondary N) is 1. The van der Waals surface area contributed by atoms with Crippen LogP contribution in [0.25, 0.3) is 10.7 Å². The molecular formula is C15H20BrN3S. The average molecular weight is 354 g/mol. The van der Waals surface area contributed by atoms with Gasteiger partial charge in [0.05, 0.1) is 5.69 Å². The summed E-state index contributed by atoms with van der Waals surface area (Å²) in [5.41, 5.74) is 2.12. The van der Waals surface area contributed by atoms with Gasteiger partial charge in [0.15, 0.2) is 0 Å². The highest BCUT2D eigenvalue weighted by atomic mass is 79.9. The van der Waals surface area contributed by atoms with E-state index in [1.54, 1.807) is 11.3 Å². The van der Waals surface area contributed by atoms with E-state index in [1.165, 1.54) is 10.6 Å². The SMILES string of the molecule is CCCNCc1sc(-c2ncccc2Br)nc1C(C)C.